The fourth-order valence-corrected chi connectivity index (χ4v) is 4.02. The number of carbonyl (C=O) groups excluding carboxylic acids is 1. The van der Waals surface area contributed by atoms with Crippen molar-refractivity contribution in [1.29, 1.82) is 0 Å². The van der Waals surface area contributed by atoms with Gasteiger partial charge in [0, 0.05) is 11.7 Å². The summed E-state index contributed by atoms with van der Waals surface area (Å²) in [5.41, 5.74) is 2.04. The average molecular weight is 398 g/mol. The van der Waals surface area contributed by atoms with E-state index in [0.717, 1.165) is 24.1 Å². The van der Waals surface area contributed by atoms with E-state index in [4.69, 9.17) is 0 Å². The molecule has 3 aromatic rings. The summed E-state index contributed by atoms with van der Waals surface area (Å²) in [4.78, 5) is 12.5. The third kappa shape index (κ3) is 4.41. The van der Waals surface area contributed by atoms with Gasteiger partial charge in [-0.2, -0.15) is 0 Å². The van der Waals surface area contributed by atoms with E-state index in [1.54, 1.807) is 12.1 Å². The topological polar surface area (TPSA) is 119 Å². The number of anilines is 1. The van der Waals surface area contributed by atoms with Crippen LogP contribution in [0, 0.1) is 0 Å². The second-order valence-corrected chi connectivity index (χ2v) is 8.28. The van der Waals surface area contributed by atoms with Crippen molar-refractivity contribution in [1.82, 2.24) is 24.9 Å². The number of carbonyl (C=O) groups is 1. The van der Waals surface area contributed by atoms with Gasteiger partial charge < -0.3 is 5.32 Å². The first-order chi connectivity index (χ1) is 13.5. The lowest BCUT2D eigenvalue weighted by Gasteiger charge is -2.09. The Balaban J connectivity index is 1.40. The van der Waals surface area contributed by atoms with Gasteiger partial charge in [0.1, 0.15) is 6.33 Å². The van der Waals surface area contributed by atoms with Gasteiger partial charge >= 0.3 is 0 Å². The summed E-state index contributed by atoms with van der Waals surface area (Å²) in [6.45, 7) is 0. The molecule has 1 fully saturated rings. The van der Waals surface area contributed by atoms with Crippen LogP contribution < -0.4 is 10.0 Å². The summed E-state index contributed by atoms with van der Waals surface area (Å²) >= 11 is 0. The van der Waals surface area contributed by atoms with Crippen molar-refractivity contribution in [3.8, 4) is 5.69 Å². The van der Waals surface area contributed by atoms with Gasteiger partial charge in [-0.1, -0.05) is 18.2 Å². The molecule has 1 heterocycles. The summed E-state index contributed by atoms with van der Waals surface area (Å²) in [5, 5.41) is 13.7. The Morgan fingerprint density at radius 2 is 1.93 bits per heavy atom. The SMILES string of the molecule is O=C(Cc1ccc(-n2cnnn2)cc1)Nc1cccc(S(=O)(=O)NC2CC2)c1. The normalized spacial score (nSPS) is 14.0. The van der Waals surface area contributed by atoms with E-state index in [-0.39, 0.29) is 23.3 Å². The van der Waals surface area contributed by atoms with Crippen molar-refractivity contribution in [2.24, 2.45) is 0 Å². The summed E-state index contributed by atoms with van der Waals surface area (Å²) in [5.74, 6) is -0.236. The molecule has 0 spiro atoms. The third-order valence-electron chi connectivity index (χ3n) is 4.24. The van der Waals surface area contributed by atoms with Gasteiger partial charge in [-0.25, -0.2) is 17.8 Å². The van der Waals surface area contributed by atoms with Crippen LogP contribution in [0.15, 0.2) is 59.8 Å². The van der Waals surface area contributed by atoms with Gasteiger partial charge in [0.25, 0.3) is 0 Å². The lowest BCUT2D eigenvalue weighted by Crippen LogP contribution is -2.25. The van der Waals surface area contributed by atoms with Gasteiger partial charge in [0.15, 0.2) is 0 Å². The predicted molar refractivity (Wildman–Crippen MR) is 101 cm³/mol. The number of nitrogens with zero attached hydrogens (tertiary/aromatic N) is 4. The molecule has 2 N–H and O–H groups in total. The van der Waals surface area contributed by atoms with E-state index in [2.05, 4.69) is 25.6 Å². The molecule has 10 heteroatoms. The summed E-state index contributed by atoms with van der Waals surface area (Å²) < 4.78 is 28.7. The second-order valence-electron chi connectivity index (χ2n) is 6.57. The van der Waals surface area contributed by atoms with Crippen molar-refractivity contribution < 1.29 is 13.2 Å². The first-order valence-corrected chi connectivity index (χ1v) is 10.2. The van der Waals surface area contributed by atoms with Crippen molar-refractivity contribution in [2.75, 3.05) is 5.32 Å². The van der Waals surface area contributed by atoms with Gasteiger partial charge in [-0.05, 0) is 59.2 Å². The van der Waals surface area contributed by atoms with Gasteiger partial charge in [0.2, 0.25) is 15.9 Å². The fraction of sp³-hybridized carbons (Fsp3) is 0.222. The number of rotatable bonds is 7. The minimum atomic E-state index is -3.56. The molecule has 4 rings (SSSR count). The van der Waals surface area contributed by atoms with Crippen LogP contribution in [0.4, 0.5) is 5.69 Å². The summed E-state index contributed by atoms with van der Waals surface area (Å²) in [6.07, 6.45) is 3.37. The number of nitrogens with one attached hydrogen (secondary N) is 2. The lowest BCUT2D eigenvalue weighted by atomic mass is 10.1. The molecule has 2 aromatic carbocycles. The minimum absolute atomic E-state index is 0.0273. The molecule has 1 saturated carbocycles. The Labute approximate surface area is 161 Å². The standard InChI is InChI=1S/C18H18N6O3S/c25-18(10-13-4-8-16(9-5-13)24-12-19-22-23-24)20-15-2-1-3-17(11-15)28(26,27)21-14-6-7-14/h1-5,8-9,11-12,14,21H,6-7,10H2,(H,20,25). The van der Waals surface area contributed by atoms with E-state index in [1.165, 1.54) is 23.1 Å². The fourth-order valence-electron chi connectivity index (χ4n) is 2.67. The zero-order chi connectivity index (χ0) is 19.6. The highest BCUT2D eigenvalue weighted by molar-refractivity contribution is 7.89. The number of sulfonamides is 1. The maximum absolute atomic E-state index is 12.3. The number of benzene rings is 2. The van der Waals surface area contributed by atoms with Gasteiger partial charge in [-0.15, -0.1) is 5.10 Å². The second kappa shape index (κ2) is 7.49. The molecule has 0 unspecified atom stereocenters. The van der Waals surface area contributed by atoms with Crippen LogP contribution in [0.3, 0.4) is 0 Å². The molecule has 1 amide bonds. The molecular weight excluding hydrogens is 380 g/mol. The van der Waals surface area contributed by atoms with Crippen molar-refractivity contribution in [3.05, 3.63) is 60.4 Å². The van der Waals surface area contributed by atoms with Crippen LogP contribution in [-0.2, 0) is 21.2 Å². The maximum atomic E-state index is 12.3. The molecule has 0 aliphatic heterocycles. The average Bonchev–Trinajstić information content (AvgIpc) is 3.30. The number of tetrazole rings is 1. The Kier molecular flexibility index (Phi) is 4.88. The van der Waals surface area contributed by atoms with E-state index in [0.29, 0.717) is 5.69 Å². The van der Waals surface area contributed by atoms with E-state index in [9.17, 15) is 13.2 Å². The van der Waals surface area contributed by atoms with Crippen LogP contribution in [0.2, 0.25) is 0 Å². The largest absolute Gasteiger partial charge is 0.326 e. The molecule has 144 valence electrons. The maximum Gasteiger partial charge on any atom is 0.240 e. The lowest BCUT2D eigenvalue weighted by molar-refractivity contribution is -0.115. The first-order valence-electron chi connectivity index (χ1n) is 8.74. The third-order valence-corrected chi connectivity index (χ3v) is 5.76. The zero-order valence-corrected chi connectivity index (χ0v) is 15.6. The highest BCUT2D eigenvalue weighted by Gasteiger charge is 2.28. The minimum Gasteiger partial charge on any atom is -0.326 e. The van der Waals surface area contributed by atoms with Crippen LogP contribution in [0.25, 0.3) is 5.69 Å². The molecule has 28 heavy (non-hydrogen) atoms. The molecule has 1 aliphatic carbocycles. The number of amides is 1. The predicted octanol–water partition coefficient (Wildman–Crippen LogP) is 1.28. The molecule has 1 aromatic heterocycles. The van der Waals surface area contributed by atoms with Crippen LogP contribution in [0.1, 0.15) is 18.4 Å². The van der Waals surface area contributed by atoms with Crippen molar-refractivity contribution in [2.45, 2.75) is 30.2 Å². The molecule has 9 nitrogen and oxygen atoms in total. The monoisotopic (exact) mass is 398 g/mol. The number of aromatic nitrogens is 4. The Hall–Kier alpha value is -3.11. The Bertz CT molecular complexity index is 1080. The molecule has 0 atom stereocenters. The van der Waals surface area contributed by atoms with Crippen molar-refractivity contribution in [3.63, 3.8) is 0 Å². The van der Waals surface area contributed by atoms with Gasteiger partial charge in [0.05, 0.1) is 17.0 Å². The molecule has 0 saturated heterocycles. The molecule has 0 bridgehead atoms. The highest BCUT2D eigenvalue weighted by Crippen LogP contribution is 2.23. The first kappa shape index (κ1) is 18.3. The van der Waals surface area contributed by atoms with E-state index >= 15 is 0 Å². The smallest absolute Gasteiger partial charge is 0.240 e. The Morgan fingerprint density at radius 1 is 1.14 bits per heavy atom. The van der Waals surface area contributed by atoms with E-state index in [1.807, 2.05) is 24.3 Å². The highest BCUT2D eigenvalue weighted by atomic mass is 32.2. The van der Waals surface area contributed by atoms with Crippen LogP contribution >= 0.6 is 0 Å². The summed E-state index contributed by atoms with van der Waals surface area (Å²) in [6, 6.07) is 13.5. The van der Waals surface area contributed by atoms with Crippen molar-refractivity contribution >= 4 is 21.6 Å². The number of hydrogen-bond acceptors (Lipinski definition) is 6. The number of hydrogen-bond donors (Lipinski definition) is 2. The Morgan fingerprint density at radius 3 is 2.61 bits per heavy atom. The molecule has 0 radical (unpaired) electrons. The van der Waals surface area contributed by atoms with Gasteiger partial charge in [-0.3, -0.25) is 4.79 Å². The van der Waals surface area contributed by atoms with E-state index < -0.39 is 10.0 Å². The quantitative estimate of drug-likeness (QED) is 0.619. The molecular formula is C18H18N6O3S. The van der Waals surface area contributed by atoms with Crippen LogP contribution in [-0.4, -0.2) is 40.6 Å². The zero-order valence-electron chi connectivity index (χ0n) is 14.8. The molecule has 1 aliphatic rings. The summed E-state index contributed by atoms with van der Waals surface area (Å²) in [7, 11) is -3.56. The van der Waals surface area contributed by atoms with Crippen LogP contribution in [0.5, 0.6) is 0 Å².